The summed E-state index contributed by atoms with van der Waals surface area (Å²) in [5.74, 6) is 1.09. The van der Waals surface area contributed by atoms with E-state index in [4.69, 9.17) is 4.52 Å². The molecular weight excluding hydrogens is 394 g/mol. The van der Waals surface area contributed by atoms with Crippen molar-refractivity contribution in [2.24, 2.45) is 0 Å². The summed E-state index contributed by atoms with van der Waals surface area (Å²) in [7, 11) is 0. The van der Waals surface area contributed by atoms with Gasteiger partial charge in [0.25, 0.3) is 5.89 Å². The standard InChI is InChI=1S/C28H19N3O/c1-19-23-11-5-7-13-25(23)31(26-14-8-6-12-24(19)26)22-17-15-21(16-18-22)28-29-27(30-32-28)20-9-3-2-4-10-20/h2-18H,1H2. The van der Waals surface area contributed by atoms with Crippen LogP contribution in [0.4, 0.5) is 17.1 Å². The molecule has 0 fully saturated rings. The molecule has 6 rings (SSSR count). The molecule has 1 aromatic heterocycles. The lowest BCUT2D eigenvalue weighted by Crippen LogP contribution is -2.17. The third-order valence-corrected chi connectivity index (χ3v) is 5.77. The molecule has 1 aliphatic rings. The van der Waals surface area contributed by atoms with Crippen molar-refractivity contribution in [1.82, 2.24) is 10.1 Å². The third kappa shape index (κ3) is 2.93. The van der Waals surface area contributed by atoms with Crippen LogP contribution >= 0.6 is 0 Å². The van der Waals surface area contributed by atoms with Crippen LogP contribution in [0.15, 0.2) is 114 Å². The van der Waals surface area contributed by atoms with E-state index in [0.717, 1.165) is 44.9 Å². The van der Waals surface area contributed by atoms with Gasteiger partial charge in [0.1, 0.15) is 0 Å². The van der Waals surface area contributed by atoms with Crippen molar-refractivity contribution in [3.63, 3.8) is 0 Å². The fraction of sp³-hybridized carbons (Fsp3) is 0. The van der Waals surface area contributed by atoms with Crippen LogP contribution in [-0.2, 0) is 0 Å². The minimum absolute atomic E-state index is 0.503. The highest BCUT2D eigenvalue weighted by Gasteiger charge is 2.26. The summed E-state index contributed by atoms with van der Waals surface area (Å²) in [4.78, 5) is 6.84. The number of aromatic nitrogens is 2. The number of fused-ring (bicyclic) bond motifs is 2. The maximum atomic E-state index is 5.53. The van der Waals surface area contributed by atoms with Gasteiger partial charge in [-0.05, 0) is 42.0 Å². The van der Waals surface area contributed by atoms with Crippen molar-refractivity contribution in [2.75, 3.05) is 4.90 Å². The van der Waals surface area contributed by atoms with Crippen molar-refractivity contribution < 1.29 is 4.52 Å². The summed E-state index contributed by atoms with van der Waals surface area (Å²) in [5.41, 5.74) is 8.43. The Morgan fingerprint density at radius 1 is 0.625 bits per heavy atom. The lowest BCUT2D eigenvalue weighted by Gasteiger charge is -2.34. The van der Waals surface area contributed by atoms with E-state index >= 15 is 0 Å². The summed E-state index contributed by atoms with van der Waals surface area (Å²) in [6, 6.07) is 34.8. The molecule has 0 spiro atoms. The van der Waals surface area contributed by atoms with Crippen LogP contribution in [0.5, 0.6) is 0 Å². The number of anilines is 3. The van der Waals surface area contributed by atoms with Gasteiger partial charge in [0.15, 0.2) is 0 Å². The van der Waals surface area contributed by atoms with Gasteiger partial charge in [0.05, 0.1) is 11.4 Å². The van der Waals surface area contributed by atoms with Crippen molar-refractivity contribution >= 4 is 22.6 Å². The van der Waals surface area contributed by atoms with Crippen molar-refractivity contribution in [3.8, 4) is 22.8 Å². The maximum Gasteiger partial charge on any atom is 0.258 e. The molecule has 4 nitrogen and oxygen atoms in total. The van der Waals surface area contributed by atoms with Gasteiger partial charge in [-0.2, -0.15) is 4.98 Å². The van der Waals surface area contributed by atoms with Crippen LogP contribution in [0, 0.1) is 0 Å². The summed E-state index contributed by atoms with van der Waals surface area (Å²) >= 11 is 0. The SMILES string of the molecule is C=C1c2ccccc2N(c2ccc(-c3nc(-c4ccccc4)no3)cc2)c2ccccc21. The maximum absolute atomic E-state index is 5.53. The Hall–Kier alpha value is -4.44. The van der Waals surface area contributed by atoms with E-state index in [9.17, 15) is 0 Å². The molecule has 0 aliphatic carbocycles. The quantitative estimate of drug-likeness (QED) is 0.306. The van der Waals surface area contributed by atoms with Crippen LogP contribution in [0.25, 0.3) is 28.4 Å². The Morgan fingerprint density at radius 2 is 1.22 bits per heavy atom. The molecule has 2 heterocycles. The molecule has 4 aromatic carbocycles. The van der Waals surface area contributed by atoms with E-state index in [1.54, 1.807) is 0 Å². The van der Waals surface area contributed by atoms with E-state index in [1.165, 1.54) is 0 Å². The van der Waals surface area contributed by atoms with Crippen molar-refractivity contribution in [2.45, 2.75) is 0 Å². The molecule has 32 heavy (non-hydrogen) atoms. The predicted molar refractivity (Wildman–Crippen MR) is 128 cm³/mol. The Labute approximate surface area is 186 Å². The van der Waals surface area contributed by atoms with Gasteiger partial charge >= 0.3 is 0 Å². The zero-order valence-corrected chi connectivity index (χ0v) is 17.3. The van der Waals surface area contributed by atoms with Crippen LogP contribution < -0.4 is 4.90 Å². The lowest BCUT2D eigenvalue weighted by molar-refractivity contribution is 0.432. The molecular formula is C28H19N3O. The molecule has 4 heteroatoms. The largest absolute Gasteiger partial charge is 0.334 e. The summed E-state index contributed by atoms with van der Waals surface area (Å²) in [5, 5.41) is 4.14. The van der Waals surface area contributed by atoms with Crippen LogP contribution in [0.1, 0.15) is 11.1 Å². The van der Waals surface area contributed by atoms with Crippen molar-refractivity contribution in [1.29, 1.82) is 0 Å². The highest BCUT2D eigenvalue weighted by Crippen LogP contribution is 2.47. The normalized spacial score (nSPS) is 12.4. The number of benzene rings is 4. The summed E-state index contributed by atoms with van der Waals surface area (Å²) < 4.78 is 5.53. The molecule has 0 atom stereocenters. The van der Waals surface area contributed by atoms with Gasteiger partial charge in [-0.15, -0.1) is 0 Å². The second-order valence-corrected chi connectivity index (χ2v) is 7.68. The van der Waals surface area contributed by atoms with Crippen molar-refractivity contribution in [3.05, 3.63) is 121 Å². The first-order valence-corrected chi connectivity index (χ1v) is 10.5. The predicted octanol–water partition coefficient (Wildman–Crippen LogP) is 7.25. The number of rotatable bonds is 3. The minimum Gasteiger partial charge on any atom is -0.334 e. The van der Waals surface area contributed by atoms with E-state index in [2.05, 4.69) is 82.3 Å². The number of hydrogen-bond donors (Lipinski definition) is 0. The van der Waals surface area contributed by atoms with Gasteiger partial charge in [0.2, 0.25) is 5.82 Å². The average molecular weight is 413 g/mol. The first kappa shape index (κ1) is 18.3. The molecule has 0 saturated heterocycles. The molecule has 5 aromatic rings. The Morgan fingerprint density at radius 3 is 1.88 bits per heavy atom. The first-order chi connectivity index (χ1) is 15.8. The molecule has 0 saturated carbocycles. The summed E-state index contributed by atoms with van der Waals surface area (Å²) in [6.07, 6.45) is 0. The zero-order chi connectivity index (χ0) is 21.5. The first-order valence-electron chi connectivity index (χ1n) is 10.5. The topological polar surface area (TPSA) is 42.2 Å². The highest BCUT2D eigenvalue weighted by molar-refractivity contribution is 6.00. The lowest BCUT2D eigenvalue weighted by atomic mass is 9.91. The molecule has 0 amide bonds. The zero-order valence-electron chi connectivity index (χ0n) is 17.3. The Bertz CT molecular complexity index is 1390. The molecule has 0 unspecified atom stereocenters. The monoisotopic (exact) mass is 413 g/mol. The Kier molecular flexibility index (Phi) is 4.22. The number of nitrogens with zero attached hydrogens (tertiary/aromatic N) is 3. The third-order valence-electron chi connectivity index (χ3n) is 5.77. The second kappa shape index (κ2) is 7.36. The average Bonchev–Trinajstić information content (AvgIpc) is 3.36. The number of hydrogen-bond acceptors (Lipinski definition) is 4. The van der Waals surface area contributed by atoms with E-state index in [0.29, 0.717) is 11.7 Å². The van der Waals surface area contributed by atoms with Gasteiger partial charge in [0, 0.05) is 27.9 Å². The number of para-hydroxylation sites is 2. The van der Waals surface area contributed by atoms with Crippen LogP contribution in [0.3, 0.4) is 0 Å². The van der Waals surface area contributed by atoms with Gasteiger partial charge in [-0.3, -0.25) is 0 Å². The van der Waals surface area contributed by atoms with Crippen LogP contribution in [0.2, 0.25) is 0 Å². The Balaban J connectivity index is 1.39. The summed E-state index contributed by atoms with van der Waals surface area (Å²) in [6.45, 7) is 4.35. The second-order valence-electron chi connectivity index (χ2n) is 7.68. The van der Waals surface area contributed by atoms with Gasteiger partial charge in [-0.25, -0.2) is 0 Å². The smallest absolute Gasteiger partial charge is 0.258 e. The molecule has 152 valence electrons. The molecule has 1 aliphatic heterocycles. The van der Waals surface area contributed by atoms with E-state index < -0.39 is 0 Å². The molecule has 0 bridgehead atoms. The minimum atomic E-state index is 0.503. The molecule has 0 N–H and O–H groups in total. The van der Waals surface area contributed by atoms with E-state index in [-0.39, 0.29) is 0 Å². The fourth-order valence-electron chi connectivity index (χ4n) is 4.20. The van der Waals surface area contributed by atoms with Crippen LogP contribution in [-0.4, -0.2) is 10.1 Å². The van der Waals surface area contributed by atoms with Gasteiger partial charge in [-0.1, -0.05) is 78.5 Å². The van der Waals surface area contributed by atoms with E-state index in [1.807, 2.05) is 42.5 Å². The molecule has 0 radical (unpaired) electrons. The highest BCUT2D eigenvalue weighted by atomic mass is 16.5. The van der Waals surface area contributed by atoms with Gasteiger partial charge < -0.3 is 9.42 Å². The fourth-order valence-corrected chi connectivity index (χ4v) is 4.20.